The molecule has 1 aliphatic carbocycles. The minimum atomic E-state index is -0.0873. The minimum Gasteiger partial charge on any atom is -0.376 e. The molecule has 1 aliphatic rings. The Morgan fingerprint density at radius 2 is 2.00 bits per heavy atom. The van der Waals surface area contributed by atoms with Gasteiger partial charge in [-0.2, -0.15) is 0 Å². The quantitative estimate of drug-likeness (QED) is 0.603. The number of benzene rings is 1. The fourth-order valence-corrected chi connectivity index (χ4v) is 2.85. The first-order chi connectivity index (χ1) is 12.2. The van der Waals surface area contributed by atoms with E-state index in [9.17, 15) is 9.59 Å². The van der Waals surface area contributed by atoms with Crippen LogP contribution in [0.4, 0.5) is 5.69 Å². The maximum Gasteiger partial charge on any atom is 0.251 e. The highest BCUT2D eigenvalue weighted by atomic mass is 16.2. The Hall–Kier alpha value is -2.30. The van der Waals surface area contributed by atoms with Crippen molar-refractivity contribution >= 4 is 17.5 Å². The molecule has 0 bridgehead atoms. The van der Waals surface area contributed by atoms with Crippen molar-refractivity contribution in [3.05, 3.63) is 41.5 Å². The smallest absolute Gasteiger partial charge is 0.251 e. The molecule has 0 saturated heterocycles. The van der Waals surface area contributed by atoms with Crippen LogP contribution in [0, 0.1) is 0 Å². The van der Waals surface area contributed by atoms with E-state index in [2.05, 4.69) is 22.0 Å². The number of hydrogen-bond donors (Lipinski definition) is 3. The predicted octanol–water partition coefficient (Wildman–Crippen LogP) is 3.25. The molecule has 5 heteroatoms. The maximum atomic E-state index is 12.0. The number of nitrogens with one attached hydrogen (secondary N) is 3. The summed E-state index contributed by atoms with van der Waals surface area (Å²) in [6, 6.07) is 7.21. The van der Waals surface area contributed by atoms with Gasteiger partial charge in [0.25, 0.3) is 5.91 Å². The van der Waals surface area contributed by atoms with Crippen molar-refractivity contribution in [3.8, 4) is 0 Å². The molecule has 0 spiro atoms. The topological polar surface area (TPSA) is 70.2 Å². The average molecular weight is 343 g/mol. The van der Waals surface area contributed by atoms with Gasteiger partial charge in [0.15, 0.2) is 0 Å². The Kier molecular flexibility index (Phi) is 8.02. The zero-order valence-corrected chi connectivity index (χ0v) is 15.1. The van der Waals surface area contributed by atoms with Crippen molar-refractivity contribution in [3.63, 3.8) is 0 Å². The SMILES string of the molecule is CCCNC(=O)c1cccc(NCC(=O)NCCC2=CCCCC2)c1. The summed E-state index contributed by atoms with van der Waals surface area (Å²) in [5.74, 6) is -0.118. The third-order valence-electron chi connectivity index (χ3n) is 4.27. The molecule has 0 unspecified atom stereocenters. The number of rotatable bonds is 9. The van der Waals surface area contributed by atoms with Crippen LogP contribution in [0.1, 0.15) is 55.8 Å². The zero-order chi connectivity index (χ0) is 17.9. The van der Waals surface area contributed by atoms with Gasteiger partial charge >= 0.3 is 0 Å². The van der Waals surface area contributed by atoms with Gasteiger partial charge in [0.1, 0.15) is 0 Å². The Morgan fingerprint density at radius 1 is 1.12 bits per heavy atom. The molecule has 1 aromatic rings. The molecule has 0 aromatic heterocycles. The van der Waals surface area contributed by atoms with Crippen LogP contribution in [0.25, 0.3) is 0 Å². The normalized spacial score (nSPS) is 13.7. The number of anilines is 1. The number of carbonyl (C=O) groups excluding carboxylic acids is 2. The van der Waals surface area contributed by atoms with Crippen molar-refractivity contribution in [1.29, 1.82) is 0 Å². The van der Waals surface area contributed by atoms with Crippen LogP contribution in [0.15, 0.2) is 35.9 Å². The van der Waals surface area contributed by atoms with Crippen LogP contribution in [-0.2, 0) is 4.79 Å². The molecule has 0 radical (unpaired) electrons. The third kappa shape index (κ3) is 6.99. The van der Waals surface area contributed by atoms with E-state index in [4.69, 9.17) is 0 Å². The molecule has 0 aliphatic heterocycles. The van der Waals surface area contributed by atoms with Crippen LogP contribution in [0.3, 0.4) is 0 Å². The average Bonchev–Trinajstić information content (AvgIpc) is 2.65. The first-order valence-corrected chi connectivity index (χ1v) is 9.25. The lowest BCUT2D eigenvalue weighted by Crippen LogP contribution is -2.31. The van der Waals surface area contributed by atoms with Crippen LogP contribution in [0.5, 0.6) is 0 Å². The lowest BCUT2D eigenvalue weighted by Gasteiger charge is -2.13. The summed E-state index contributed by atoms with van der Waals surface area (Å²) in [4.78, 5) is 23.9. The van der Waals surface area contributed by atoms with E-state index in [1.54, 1.807) is 12.1 Å². The summed E-state index contributed by atoms with van der Waals surface area (Å²) >= 11 is 0. The van der Waals surface area contributed by atoms with E-state index in [0.29, 0.717) is 18.7 Å². The van der Waals surface area contributed by atoms with E-state index in [0.717, 1.165) is 18.5 Å². The Morgan fingerprint density at radius 3 is 2.76 bits per heavy atom. The van der Waals surface area contributed by atoms with Gasteiger partial charge in [-0.3, -0.25) is 9.59 Å². The summed E-state index contributed by atoms with van der Waals surface area (Å²) in [6.45, 7) is 3.57. The van der Waals surface area contributed by atoms with Crippen molar-refractivity contribution in [2.45, 2.75) is 45.4 Å². The highest BCUT2D eigenvalue weighted by molar-refractivity contribution is 5.95. The van der Waals surface area contributed by atoms with E-state index in [1.165, 1.54) is 31.3 Å². The number of hydrogen-bond acceptors (Lipinski definition) is 3. The Balaban J connectivity index is 1.71. The molecule has 25 heavy (non-hydrogen) atoms. The molecule has 0 atom stereocenters. The number of allylic oxidation sites excluding steroid dienone is 1. The third-order valence-corrected chi connectivity index (χ3v) is 4.27. The molecule has 1 aromatic carbocycles. The molecule has 3 N–H and O–H groups in total. The van der Waals surface area contributed by atoms with E-state index in [1.807, 2.05) is 19.1 Å². The molecule has 2 rings (SSSR count). The molecular formula is C20H29N3O2. The van der Waals surface area contributed by atoms with Crippen LogP contribution < -0.4 is 16.0 Å². The maximum absolute atomic E-state index is 12.0. The van der Waals surface area contributed by atoms with Gasteiger partial charge in [0, 0.05) is 24.3 Å². The Labute approximate surface area is 150 Å². The van der Waals surface area contributed by atoms with Gasteiger partial charge in [0.2, 0.25) is 5.91 Å². The lowest BCUT2D eigenvalue weighted by molar-refractivity contribution is -0.119. The minimum absolute atomic E-state index is 0.0303. The molecule has 136 valence electrons. The van der Waals surface area contributed by atoms with E-state index < -0.39 is 0 Å². The first-order valence-electron chi connectivity index (χ1n) is 9.25. The van der Waals surface area contributed by atoms with Crippen molar-refractivity contribution in [1.82, 2.24) is 10.6 Å². The molecular weight excluding hydrogens is 314 g/mol. The summed E-state index contributed by atoms with van der Waals surface area (Å²) in [5.41, 5.74) is 2.84. The monoisotopic (exact) mass is 343 g/mol. The number of amides is 2. The van der Waals surface area contributed by atoms with Crippen LogP contribution >= 0.6 is 0 Å². The van der Waals surface area contributed by atoms with Crippen LogP contribution in [-0.4, -0.2) is 31.4 Å². The molecule has 5 nitrogen and oxygen atoms in total. The summed E-state index contributed by atoms with van der Waals surface area (Å²) in [5, 5.41) is 8.87. The molecule has 0 fully saturated rings. The molecule has 0 saturated carbocycles. The first kappa shape index (κ1) is 19.0. The predicted molar refractivity (Wildman–Crippen MR) is 102 cm³/mol. The largest absolute Gasteiger partial charge is 0.376 e. The number of carbonyl (C=O) groups is 2. The second-order valence-corrected chi connectivity index (χ2v) is 6.40. The highest BCUT2D eigenvalue weighted by Crippen LogP contribution is 2.19. The summed E-state index contributed by atoms with van der Waals surface area (Å²) in [7, 11) is 0. The van der Waals surface area contributed by atoms with E-state index >= 15 is 0 Å². The second kappa shape index (κ2) is 10.5. The Bertz CT molecular complexity index is 611. The fraction of sp³-hybridized carbons (Fsp3) is 0.500. The molecule has 0 heterocycles. The summed E-state index contributed by atoms with van der Waals surface area (Å²) in [6.07, 6.45) is 9.05. The van der Waals surface area contributed by atoms with Crippen LogP contribution in [0.2, 0.25) is 0 Å². The van der Waals surface area contributed by atoms with Crippen molar-refractivity contribution in [2.75, 3.05) is 25.0 Å². The van der Waals surface area contributed by atoms with Gasteiger partial charge in [0.05, 0.1) is 6.54 Å². The zero-order valence-electron chi connectivity index (χ0n) is 15.1. The highest BCUT2D eigenvalue weighted by Gasteiger charge is 2.07. The van der Waals surface area contributed by atoms with Crippen molar-refractivity contribution in [2.24, 2.45) is 0 Å². The van der Waals surface area contributed by atoms with Crippen molar-refractivity contribution < 1.29 is 9.59 Å². The van der Waals surface area contributed by atoms with Gasteiger partial charge in [-0.05, 0) is 56.7 Å². The summed E-state index contributed by atoms with van der Waals surface area (Å²) < 4.78 is 0. The van der Waals surface area contributed by atoms with Gasteiger partial charge in [-0.25, -0.2) is 0 Å². The van der Waals surface area contributed by atoms with Gasteiger partial charge in [-0.1, -0.05) is 24.6 Å². The van der Waals surface area contributed by atoms with Gasteiger partial charge < -0.3 is 16.0 Å². The second-order valence-electron chi connectivity index (χ2n) is 6.40. The van der Waals surface area contributed by atoms with Gasteiger partial charge in [-0.15, -0.1) is 0 Å². The lowest BCUT2D eigenvalue weighted by atomic mass is 9.97. The molecule has 2 amide bonds. The fourth-order valence-electron chi connectivity index (χ4n) is 2.85. The standard InChI is InChI=1S/C20H29N3O2/c1-2-12-22-20(25)17-9-6-10-18(14-17)23-15-19(24)21-13-11-16-7-4-3-5-8-16/h6-7,9-10,14,23H,2-5,8,11-13,15H2,1H3,(H,21,24)(H,22,25). The van der Waals surface area contributed by atoms with E-state index in [-0.39, 0.29) is 18.4 Å².